The summed E-state index contributed by atoms with van der Waals surface area (Å²) >= 11 is 0. The van der Waals surface area contributed by atoms with Crippen LogP contribution in [0.3, 0.4) is 0 Å². The van der Waals surface area contributed by atoms with E-state index in [1.807, 2.05) is 26.2 Å². The molecule has 0 aliphatic carbocycles. The van der Waals surface area contributed by atoms with Crippen LogP contribution < -0.4 is 0 Å². The Labute approximate surface area is 190 Å². The van der Waals surface area contributed by atoms with E-state index in [0.29, 0.717) is 0 Å². The summed E-state index contributed by atoms with van der Waals surface area (Å²) in [4.78, 5) is 0. The minimum Gasteiger partial charge on any atom is -0.0984 e. The lowest BCUT2D eigenvalue weighted by atomic mass is 9.88. The van der Waals surface area contributed by atoms with E-state index >= 15 is 0 Å². The lowest BCUT2D eigenvalue weighted by molar-refractivity contribution is 0.806. The highest BCUT2D eigenvalue weighted by Gasteiger charge is 2.11. The van der Waals surface area contributed by atoms with Crippen LogP contribution in [0.25, 0.3) is 5.57 Å². The molecule has 0 radical (unpaired) electrons. The number of halogens is 1. The number of benzene rings is 1. The third kappa shape index (κ3) is 15.1. The van der Waals surface area contributed by atoms with Crippen molar-refractivity contribution in [1.82, 2.24) is 0 Å². The van der Waals surface area contributed by atoms with E-state index in [9.17, 15) is 0 Å². The van der Waals surface area contributed by atoms with Crippen molar-refractivity contribution in [3.63, 3.8) is 0 Å². The molecule has 0 atom stereocenters. The lowest BCUT2D eigenvalue weighted by Crippen LogP contribution is -1.96. The van der Waals surface area contributed by atoms with E-state index < -0.39 is 0 Å². The number of allylic oxidation sites excluding steroid dienone is 9. The van der Waals surface area contributed by atoms with Gasteiger partial charge in [-0.15, -0.1) is 0 Å². The summed E-state index contributed by atoms with van der Waals surface area (Å²) in [5.41, 5.74) is 5.43. The van der Waals surface area contributed by atoms with Crippen LogP contribution >= 0.6 is 21.7 Å². The molecule has 1 aromatic rings. The Balaban J connectivity index is 0. The third-order valence-electron chi connectivity index (χ3n) is 3.97. The molecule has 0 saturated carbocycles. The zero-order valence-electron chi connectivity index (χ0n) is 19.4. The van der Waals surface area contributed by atoms with Crippen LogP contribution in [0.5, 0.6) is 0 Å². The van der Waals surface area contributed by atoms with Gasteiger partial charge in [0, 0.05) is 0 Å². The van der Waals surface area contributed by atoms with Crippen LogP contribution in [-0.4, -0.2) is 6.26 Å². The van der Waals surface area contributed by atoms with Crippen LogP contribution in [-0.2, 0) is 0 Å². The van der Waals surface area contributed by atoms with E-state index in [1.165, 1.54) is 40.5 Å². The molecule has 0 unspecified atom stereocenters. The van der Waals surface area contributed by atoms with E-state index in [2.05, 4.69) is 88.1 Å². The number of rotatable bonds is 9. The van der Waals surface area contributed by atoms with Crippen molar-refractivity contribution in [2.24, 2.45) is 0 Å². The molecule has 162 valence electrons. The highest BCUT2D eigenvalue weighted by atomic mass is 35.7. The van der Waals surface area contributed by atoms with Gasteiger partial charge >= 0.3 is 0 Å². The molecule has 0 aliphatic heterocycles. The first-order valence-electron chi connectivity index (χ1n) is 10.6. The smallest absolute Gasteiger partial charge is 0.00307 e. The lowest BCUT2D eigenvalue weighted by Gasteiger charge is -2.16. The molecule has 0 aromatic heterocycles. The molecule has 0 nitrogen and oxygen atoms in total. The number of hydrogen-bond acceptors (Lipinski definition) is 1. The van der Waals surface area contributed by atoms with Crippen molar-refractivity contribution >= 4 is 27.2 Å². The van der Waals surface area contributed by atoms with Gasteiger partial charge in [0.1, 0.15) is 0 Å². The summed E-state index contributed by atoms with van der Waals surface area (Å²) in [5.74, 6) is 0. The molecule has 2 heteroatoms. The van der Waals surface area contributed by atoms with Gasteiger partial charge in [0.05, 0.1) is 0 Å². The van der Waals surface area contributed by atoms with Crippen LogP contribution in [0, 0.1) is 0 Å². The van der Waals surface area contributed by atoms with Gasteiger partial charge in [-0.1, -0.05) is 124 Å². The van der Waals surface area contributed by atoms with E-state index in [0.717, 1.165) is 19.3 Å². The van der Waals surface area contributed by atoms with Crippen molar-refractivity contribution in [2.75, 3.05) is 6.26 Å². The van der Waals surface area contributed by atoms with Gasteiger partial charge in [-0.2, -0.15) is 0 Å². The third-order valence-corrected chi connectivity index (χ3v) is 3.97. The van der Waals surface area contributed by atoms with Crippen LogP contribution in [0.1, 0.15) is 72.3 Å². The van der Waals surface area contributed by atoms with E-state index in [-0.39, 0.29) is 0 Å². The molecular formula is C27H41ClS. The maximum absolute atomic E-state index is 4.92. The minimum absolute atomic E-state index is 1.15. The second-order valence-electron chi connectivity index (χ2n) is 6.33. The topological polar surface area (TPSA) is 0 Å². The van der Waals surface area contributed by atoms with Gasteiger partial charge in [-0.05, 0) is 66.8 Å². The van der Waals surface area contributed by atoms with Gasteiger partial charge in [0.25, 0.3) is 0 Å². The average Bonchev–Trinajstić information content (AvgIpc) is 2.73. The quantitative estimate of drug-likeness (QED) is 0.276. The summed E-state index contributed by atoms with van der Waals surface area (Å²) < 4.78 is 0. The van der Waals surface area contributed by atoms with Crippen molar-refractivity contribution < 1.29 is 0 Å². The Morgan fingerprint density at radius 1 is 1.00 bits per heavy atom. The minimum atomic E-state index is 1.15. The molecule has 0 aliphatic rings. The molecule has 0 spiro atoms. The molecule has 1 aromatic carbocycles. The van der Waals surface area contributed by atoms with Gasteiger partial charge in [-0.3, -0.25) is 0 Å². The summed E-state index contributed by atoms with van der Waals surface area (Å²) in [7, 11) is 6.14. The molecular weight excluding hydrogens is 392 g/mol. The average molecular weight is 433 g/mol. The summed E-state index contributed by atoms with van der Waals surface area (Å²) in [5, 5.41) is 0. The van der Waals surface area contributed by atoms with Gasteiger partial charge in [-0.25, -0.2) is 0 Å². The Kier molecular flexibility index (Phi) is 23.4. The fourth-order valence-electron chi connectivity index (χ4n) is 2.85. The second kappa shape index (κ2) is 22.8. The zero-order valence-corrected chi connectivity index (χ0v) is 21.0. The second-order valence-corrected chi connectivity index (χ2v) is 7.56. The molecule has 29 heavy (non-hydrogen) atoms. The molecule has 0 amide bonds. The van der Waals surface area contributed by atoms with Crippen LogP contribution in [0.15, 0.2) is 84.5 Å². The Bertz CT molecular complexity index is 613. The van der Waals surface area contributed by atoms with Crippen LogP contribution in [0.4, 0.5) is 0 Å². The zero-order chi connectivity index (χ0) is 22.3. The molecule has 1 rings (SSSR count). The summed E-state index contributed by atoms with van der Waals surface area (Å²) in [6, 6.07) is 10.7. The van der Waals surface area contributed by atoms with Crippen molar-refractivity contribution in [2.45, 2.75) is 66.7 Å². The van der Waals surface area contributed by atoms with Gasteiger partial charge in [0.2, 0.25) is 0 Å². The first-order chi connectivity index (χ1) is 14.1. The Morgan fingerprint density at radius 3 is 1.90 bits per heavy atom. The predicted octanol–water partition coefficient (Wildman–Crippen LogP) is 10.2. The molecule has 0 N–H and O–H groups in total. The molecule has 0 bridgehead atoms. The summed E-state index contributed by atoms with van der Waals surface area (Å²) in [6.07, 6.45) is 20.1. The molecule has 0 heterocycles. The predicted molar refractivity (Wildman–Crippen MR) is 141 cm³/mol. The fourth-order valence-corrected chi connectivity index (χ4v) is 2.85. The fraction of sp³-hybridized carbons (Fsp3) is 0.407. The van der Waals surface area contributed by atoms with Crippen molar-refractivity contribution in [1.29, 1.82) is 0 Å². The monoisotopic (exact) mass is 432 g/mol. The molecule has 0 saturated heterocycles. The van der Waals surface area contributed by atoms with E-state index in [1.54, 1.807) is 5.57 Å². The highest BCUT2D eigenvalue weighted by molar-refractivity contribution is 8.20. The highest BCUT2D eigenvalue weighted by Crippen LogP contribution is 2.32. The first kappa shape index (κ1) is 29.8. The van der Waals surface area contributed by atoms with Gasteiger partial charge < -0.3 is 0 Å². The van der Waals surface area contributed by atoms with Crippen LogP contribution in [0.2, 0.25) is 0 Å². The Morgan fingerprint density at radius 2 is 1.55 bits per heavy atom. The maximum Gasteiger partial charge on any atom is -0.00307 e. The summed E-state index contributed by atoms with van der Waals surface area (Å²) in [6.45, 7) is 14.7. The largest absolute Gasteiger partial charge is 0.0984 e. The number of hydrogen-bond donors (Lipinski definition) is 0. The van der Waals surface area contributed by atoms with E-state index in [4.69, 9.17) is 10.7 Å². The van der Waals surface area contributed by atoms with Crippen molar-refractivity contribution in [3.05, 3.63) is 90.1 Å². The van der Waals surface area contributed by atoms with Crippen molar-refractivity contribution in [3.8, 4) is 0 Å². The first-order valence-corrected chi connectivity index (χ1v) is 12.7. The Hall–Kier alpha value is -1.44. The standard InChI is InChI=1S/C21H28.C5H10.CH3ClS/c1-5-9-15-18(8-4)21(19(13-6-2)14-7-3)20-16-11-10-12-17-20;1-3-5-4-2;1-3-2/h5,8-12,15-17H,4,6-7,13-14H2,1-3H3;3,5H,4H2,1-2H3;1H3/b9-5-,18-15+;5-3-;. The van der Waals surface area contributed by atoms with Gasteiger partial charge in [0.15, 0.2) is 0 Å². The SMILES string of the molecule is C/C=C\CC.C=C/C(=C\C=C/C)C(=C(CCC)CCC)c1ccccc1.CSCl. The maximum atomic E-state index is 4.92. The molecule has 0 fully saturated rings. The normalized spacial score (nSPS) is 10.8.